The average Bonchev–Trinajstić information content (AvgIpc) is 3.15. The van der Waals surface area contributed by atoms with Gasteiger partial charge in [-0.15, -0.1) is 0 Å². The molecule has 2 aromatic carbocycles. The number of benzene rings is 2. The van der Waals surface area contributed by atoms with Crippen LogP contribution in [0.1, 0.15) is 10.5 Å². The molecule has 164 valence electrons. The number of para-hydroxylation sites is 1. The zero-order valence-corrected chi connectivity index (χ0v) is 17.8. The molecular formula is C22H18N2O7S. The zero-order valence-electron chi connectivity index (χ0n) is 17.0. The Morgan fingerprint density at radius 2 is 1.81 bits per heavy atom. The molecular weight excluding hydrogens is 436 g/mol. The maximum Gasteiger partial charge on any atom is 0.352 e. The minimum absolute atomic E-state index is 0.165. The van der Waals surface area contributed by atoms with E-state index in [0.717, 1.165) is 9.95 Å². The number of sulfonamides is 1. The molecule has 0 spiro atoms. The summed E-state index contributed by atoms with van der Waals surface area (Å²) in [5.41, 5.74) is 0.605. The zero-order chi connectivity index (χ0) is 23.0. The van der Waals surface area contributed by atoms with Gasteiger partial charge in [0.2, 0.25) is 0 Å². The van der Waals surface area contributed by atoms with Gasteiger partial charge in [0.05, 0.1) is 18.4 Å². The standard InChI is InChI=1S/C22H18N2O7S/c1-24-17(21(25)26)9-10-20(24)32(28,29)23-14-7-8-15(19(12-14)30-2)16-11-13-5-3-4-6-18(13)31-22(16)27/h3-12,23H,1-2H3,(H,25,26). The van der Waals surface area contributed by atoms with Gasteiger partial charge in [-0.3, -0.25) is 4.72 Å². The summed E-state index contributed by atoms with van der Waals surface area (Å²) < 4.78 is 39.8. The second-order valence-electron chi connectivity index (χ2n) is 6.93. The quantitative estimate of drug-likeness (QED) is 0.428. The first-order valence-electron chi connectivity index (χ1n) is 9.34. The summed E-state index contributed by atoms with van der Waals surface area (Å²) in [4.78, 5) is 23.7. The lowest BCUT2D eigenvalue weighted by Gasteiger charge is -2.13. The number of nitrogens with zero attached hydrogens (tertiary/aromatic N) is 1. The maximum absolute atomic E-state index is 12.8. The van der Waals surface area contributed by atoms with Crippen LogP contribution in [0.25, 0.3) is 22.1 Å². The molecule has 2 aromatic heterocycles. The Kier molecular flexibility index (Phi) is 5.23. The molecule has 9 nitrogen and oxygen atoms in total. The van der Waals surface area contributed by atoms with Gasteiger partial charge in [-0.1, -0.05) is 18.2 Å². The van der Waals surface area contributed by atoms with Gasteiger partial charge in [0.15, 0.2) is 5.03 Å². The highest BCUT2D eigenvalue weighted by molar-refractivity contribution is 7.92. The fraction of sp³-hybridized carbons (Fsp3) is 0.0909. The Hall–Kier alpha value is -4.05. The molecule has 0 bridgehead atoms. The van der Waals surface area contributed by atoms with Crippen LogP contribution in [0.2, 0.25) is 0 Å². The van der Waals surface area contributed by atoms with E-state index in [1.807, 2.05) is 12.1 Å². The Morgan fingerprint density at radius 1 is 1.06 bits per heavy atom. The van der Waals surface area contributed by atoms with Gasteiger partial charge in [0.25, 0.3) is 10.0 Å². The second kappa shape index (κ2) is 7.89. The molecule has 0 aliphatic rings. The van der Waals surface area contributed by atoms with Gasteiger partial charge in [-0.2, -0.15) is 8.42 Å². The number of aromatic nitrogens is 1. The van der Waals surface area contributed by atoms with Crippen LogP contribution in [0.5, 0.6) is 5.75 Å². The summed E-state index contributed by atoms with van der Waals surface area (Å²) in [7, 11) is -1.34. The molecule has 0 fully saturated rings. The van der Waals surface area contributed by atoms with Gasteiger partial charge in [0, 0.05) is 24.1 Å². The molecule has 0 saturated heterocycles. The molecule has 32 heavy (non-hydrogen) atoms. The van der Waals surface area contributed by atoms with E-state index in [1.54, 1.807) is 24.3 Å². The smallest absolute Gasteiger partial charge is 0.352 e. The Balaban J connectivity index is 1.73. The van der Waals surface area contributed by atoms with Crippen LogP contribution in [0.15, 0.2) is 74.9 Å². The Bertz CT molecular complexity index is 1520. The van der Waals surface area contributed by atoms with E-state index in [2.05, 4.69) is 4.72 Å². The van der Waals surface area contributed by atoms with Gasteiger partial charge < -0.3 is 18.8 Å². The van der Waals surface area contributed by atoms with Crippen molar-refractivity contribution in [2.45, 2.75) is 5.03 Å². The number of carbonyl (C=O) groups is 1. The first-order valence-corrected chi connectivity index (χ1v) is 10.8. The number of anilines is 1. The molecule has 2 N–H and O–H groups in total. The topological polar surface area (TPSA) is 128 Å². The summed E-state index contributed by atoms with van der Waals surface area (Å²) in [5.74, 6) is -0.986. The SMILES string of the molecule is COc1cc(NS(=O)(=O)c2ccc(C(=O)O)n2C)ccc1-c1cc2ccccc2oc1=O. The van der Waals surface area contributed by atoms with Crippen molar-refractivity contribution in [3.05, 3.63) is 76.8 Å². The Morgan fingerprint density at radius 3 is 2.50 bits per heavy atom. The van der Waals surface area contributed by atoms with Crippen LogP contribution in [0, 0.1) is 0 Å². The number of hydrogen-bond acceptors (Lipinski definition) is 6. The normalized spacial score (nSPS) is 11.4. The van der Waals surface area contributed by atoms with Crippen LogP contribution in [0.4, 0.5) is 5.69 Å². The molecule has 2 heterocycles. The van der Waals surface area contributed by atoms with E-state index < -0.39 is 21.6 Å². The van der Waals surface area contributed by atoms with E-state index in [1.165, 1.54) is 38.4 Å². The predicted octanol–water partition coefficient (Wildman–Crippen LogP) is 3.31. The highest BCUT2D eigenvalue weighted by Crippen LogP contribution is 2.33. The molecule has 4 rings (SSSR count). The minimum Gasteiger partial charge on any atom is -0.496 e. The van der Waals surface area contributed by atoms with E-state index in [9.17, 15) is 18.0 Å². The third-order valence-electron chi connectivity index (χ3n) is 4.96. The van der Waals surface area contributed by atoms with Gasteiger partial charge >= 0.3 is 11.6 Å². The molecule has 0 unspecified atom stereocenters. The molecule has 0 aliphatic heterocycles. The molecule has 0 radical (unpaired) electrons. The summed E-state index contributed by atoms with van der Waals surface area (Å²) >= 11 is 0. The fourth-order valence-electron chi connectivity index (χ4n) is 3.41. The number of methoxy groups -OCH3 is 1. The molecule has 0 aliphatic carbocycles. The van der Waals surface area contributed by atoms with Crippen LogP contribution in [-0.2, 0) is 17.1 Å². The van der Waals surface area contributed by atoms with Gasteiger partial charge in [-0.25, -0.2) is 9.59 Å². The number of fused-ring (bicyclic) bond motifs is 1. The van der Waals surface area contributed by atoms with Crippen LogP contribution >= 0.6 is 0 Å². The predicted molar refractivity (Wildman–Crippen MR) is 118 cm³/mol. The summed E-state index contributed by atoms with van der Waals surface area (Å²) in [6.45, 7) is 0. The summed E-state index contributed by atoms with van der Waals surface area (Å²) in [5, 5.41) is 9.66. The summed E-state index contributed by atoms with van der Waals surface area (Å²) in [6, 6.07) is 15.6. The number of ether oxygens (including phenoxy) is 1. The lowest BCUT2D eigenvalue weighted by atomic mass is 10.0. The number of aromatic carboxylic acids is 1. The molecule has 0 atom stereocenters. The summed E-state index contributed by atoms with van der Waals surface area (Å²) in [6.07, 6.45) is 0. The van der Waals surface area contributed by atoms with E-state index >= 15 is 0 Å². The average molecular weight is 454 g/mol. The van der Waals surface area contributed by atoms with Crippen molar-refractivity contribution in [1.29, 1.82) is 0 Å². The third-order valence-corrected chi connectivity index (χ3v) is 6.42. The van der Waals surface area contributed by atoms with Crippen molar-refractivity contribution < 1.29 is 27.5 Å². The molecule has 0 saturated carbocycles. The first kappa shape index (κ1) is 21.2. The molecule has 4 aromatic rings. The third kappa shape index (κ3) is 3.71. The number of rotatable bonds is 6. The molecule has 10 heteroatoms. The van der Waals surface area contributed by atoms with Crippen molar-refractivity contribution in [3.8, 4) is 16.9 Å². The largest absolute Gasteiger partial charge is 0.496 e. The minimum atomic E-state index is -4.08. The fourth-order valence-corrected chi connectivity index (χ4v) is 4.66. The van der Waals surface area contributed by atoms with Crippen molar-refractivity contribution in [2.75, 3.05) is 11.8 Å². The highest BCUT2D eigenvalue weighted by atomic mass is 32.2. The van der Waals surface area contributed by atoms with E-state index in [-0.39, 0.29) is 27.7 Å². The first-order chi connectivity index (χ1) is 15.2. The van der Waals surface area contributed by atoms with Crippen LogP contribution in [0.3, 0.4) is 0 Å². The number of carboxylic acids is 1. The van der Waals surface area contributed by atoms with Crippen molar-refractivity contribution in [2.24, 2.45) is 7.05 Å². The van der Waals surface area contributed by atoms with Crippen molar-refractivity contribution in [3.63, 3.8) is 0 Å². The van der Waals surface area contributed by atoms with Crippen LogP contribution < -0.4 is 15.1 Å². The second-order valence-corrected chi connectivity index (χ2v) is 8.56. The van der Waals surface area contributed by atoms with Gasteiger partial charge in [0.1, 0.15) is 17.0 Å². The number of hydrogen-bond donors (Lipinski definition) is 2. The Labute approximate surface area is 182 Å². The van der Waals surface area contributed by atoms with Crippen molar-refractivity contribution in [1.82, 2.24) is 4.57 Å². The van der Waals surface area contributed by atoms with E-state index in [0.29, 0.717) is 11.1 Å². The lowest BCUT2D eigenvalue weighted by Crippen LogP contribution is -2.18. The number of carboxylic acid groups (broad SMARTS) is 1. The van der Waals surface area contributed by atoms with E-state index in [4.69, 9.17) is 14.3 Å². The number of nitrogens with one attached hydrogen (secondary N) is 1. The lowest BCUT2D eigenvalue weighted by molar-refractivity contribution is 0.0685. The maximum atomic E-state index is 12.8. The van der Waals surface area contributed by atoms with Crippen LogP contribution in [-0.4, -0.2) is 31.2 Å². The van der Waals surface area contributed by atoms with Gasteiger partial charge in [-0.05, 0) is 36.4 Å². The van der Waals surface area contributed by atoms with Crippen molar-refractivity contribution >= 4 is 32.6 Å². The molecule has 0 amide bonds. The monoisotopic (exact) mass is 454 g/mol. The highest BCUT2D eigenvalue weighted by Gasteiger charge is 2.23.